The molecule has 0 radical (unpaired) electrons. The number of hydrogen-bond donors (Lipinski definition) is 1. The van der Waals surface area contributed by atoms with Crippen LogP contribution in [-0.2, 0) is 4.79 Å². The zero-order valence-corrected chi connectivity index (χ0v) is 7.22. The molecule has 0 atom stereocenters. The van der Waals surface area contributed by atoms with Crippen LogP contribution in [0.3, 0.4) is 0 Å². The first kappa shape index (κ1) is 9.75. The molecule has 3 heteroatoms. The molecule has 0 heterocycles. The van der Waals surface area contributed by atoms with Crippen molar-refractivity contribution in [3.05, 3.63) is 24.4 Å². The zero-order chi connectivity index (χ0) is 8.85. The number of carbonyl (C=O) groups is 1. The van der Waals surface area contributed by atoms with Gasteiger partial charge in [0.25, 0.3) is 0 Å². The van der Waals surface area contributed by atoms with Gasteiger partial charge in [0.15, 0.2) is 0 Å². The maximum Gasteiger partial charge on any atom is 0.250 e. The number of nitrogens with one attached hydrogen (secondary N) is 1. The van der Waals surface area contributed by atoms with Crippen LogP contribution < -0.4 is 5.32 Å². The Morgan fingerprint density at radius 2 is 2.09 bits per heavy atom. The molecule has 1 N–H and O–H groups in total. The highest BCUT2D eigenvalue weighted by molar-refractivity contribution is 5.95. The number of rotatable bonds is 3. The summed E-state index contributed by atoms with van der Waals surface area (Å²) in [5, 5.41) is 2.48. The lowest BCUT2D eigenvalue weighted by Gasteiger charge is -2.03. The van der Waals surface area contributed by atoms with E-state index in [1.54, 1.807) is 19.3 Å². The van der Waals surface area contributed by atoms with Crippen LogP contribution in [0.25, 0.3) is 0 Å². The second kappa shape index (κ2) is 4.55. The number of hydrogen-bond acceptors (Lipinski definition) is 2. The minimum absolute atomic E-state index is 0.150. The van der Waals surface area contributed by atoms with Crippen molar-refractivity contribution in [3.63, 3.8) is 0 Å². The highest BCUT2D eigenvalue weighted by Crippen LogP contribution is 1.92. The Labute approximate surface area is 67.4 Å². The lowest BCUT2D eigenvalue weighted by atomic mass is 10.3. The predicted octanol–water partition coefficient (Wildman–Crippen LogP) is 0.364. The Kier molecular flexibility index (Phi) is 4.03. The Balaban J connectivity index is 3.97. The molecular formula is C8H14N2O. The van der Waals surface area contributed by atoms with Gasteiger partial charge >= 0.3 is 0 Å². The maximum atomic E-state index is 10.8. The number of likely N-dealkylation sites (N-methyl/N-ethyl adjacent to an activating group) is 1. The van der Waals surface area contributed by atoms with E-state index in [-0.39, 0.29) is 5.91 Å². The first-order chi connectivity index (χ1) is 5.07. The van der Waals surface area contributed by atoms with Crippen molar-refractivity contribution in [2.45, 2.75) is 0 Å². The first-order valence-electron chi connectivity index (χ1n) is 3.33. The summed E-state index contributed by atoms with van der Waals surface area (Å²) >= 11 is 0. The molecule has 0 bridgehead atoms. The minimum Gasteiger partial charge on any atom is -0.383 e. The van der Waals surface area contributed by atoms with E-state index in [0.29, 0.717) is 5.57 Å². The maximum absolute atomic E-state index is 10.8. The molecule has 0 aromatic rings. The second-order valence-electron chi connectivity index (χ2n) is 2.38. The molecule has 0 aromatic carbocycles. The van der Waals surface area contributed by atoms with Crippen molar-refractivity contribution in [2.75, 3.05) is 21.1 Å². The largest absolute Gasteiger partial charge is 0.383 e. The number of amides is 1. The monoisotopic (exact) mass is 154 g/mol. The lowest BCUT2D eigenvalue weighted by Crippen LogP contribution is -2.18. The van der Waals surface area contributed by atoms with Gasteiger partial charge in [-0.2, -0.15) is 0 Å². The third-order valence-electron chi connectivity index (χ3n) is 1.09. The smallest absolute Gasteiger partial charge is 0.250 e. The lowest BCUT2D eigenvalue weighted by molar-refractivity contribution is -0.116. The third-order valence-corrected chi connectivity index (χ3v) is 1.09. The first-order valence-corrected chi connectivity index (χ1v) is 3.33. The van der Waals surface area contributed by atoms with E-state index in [1.165, 1.54) is 0 Å². The van der Waals surface area contributed by atoms with Gasteiger partial charge in [-0.25, -0.2) is 0 Å². The highest BCUT2D eigenvalue weighted by Gasteiger charge is 1.97. The Morgan fingerprint density at radius 1 is 1.55 bits per heavy atom. The molecule has 0 aromatic heterocycles. The Hall–Kier alpha value is -1.25. The molecular weight excluding hydrogens is 140 g/mol. The molecule has 0 aliphatic heterocycles. The van der Waals surface area contributed by atoms with Gasteiger partial charge in [0.2, 0.25) is 5.91 Å². The minimum atomic E-state index is -0.150. The fourth-order valence-corrected chi connectivity index (χ4v) is 0.475. The molecule has 1 amide bonds. The van der Waals surface area contributed by atoms with Gasteiger partial charge in [-0.15, -0.1) is 0 Å². The van der Waals surface area contributed by atoms with E-state index in [1.807, 2.05) is 19.0 Å². The van der Waals surface area contributed by atoms with Crippen LogP contribution in [0.4, 0.5) is 0 Å². The van der Waals surface area contributed by atoms with Gasteiger partial charge in [-0.05, 0) is 12.3 Å². The van der Waals surface area contributed by atoms with E-state index in [4.69, 9.17) is 0 Å². The SMILES string of the molecule is C=C(/C=C\N(C)C)C(=O)NC. The summed E-state index contributed by atoms with van der Waals surface area (Å²) in [6.07, 6.45) is 3.44. The van der Waals surface area contributed by atoms with Crippen LogP contribution >= 0.6 is 0 Å². The van der Waals surface area contributed by atoms with Crippen LogP contribution in [0.5, 0.6) is 0 Å². The fraction of sp³-hybridized carbons (Fsp3) is 0.375. The summed E-state index contributed by atoms with van der Waals surface area (Å²) in [7, 11) is 5.35. The van der Waals surface area contributed by atoms with Gasteiger partial charge < -0.3 is 10.2 Å². The summed E-state index contributed by atoms with van der Waals surface area (Å²) in [4.78, 5) is 12.7. The van der Waals surface area contributed by atoms with E-state index < -0.39 is 0 Å². The van der Waals surface area contributed by atoms with Crippen molar-refractivity contribution < 1.29 is 4.79 Å². The molecule has 0 rings (SSSR count). The van der Waals surface area contributed by atoms with Gasteiger partial charge in [-0.3, -0.25) is 4.79 Å². The van der Waals surface area contributed by atoms with E-state index >= 15 is 0 Å². The highest BCUT2D eigenvalue weighted by atomic mass is 16.1. The van der Waals surface area contributed by atoms with Gasteiger partial charge in [0.1, 0.15) is 0 Å². The van der Waals surface area contributed by atoms with E-state index in [0.717, 1.165) is 0 Å². The number of nitrogens with zero attached hydrogens (tertiary/aromatic N) is 1. The van der Waals surface area contributed by atoms with E-state index in [2.05, 4.69) is 11.9 Å². The molecule has 0 aliphatic carbocycles. The summed E-state index contributed by atoms with van der Waals surface area (Å²) in [6, 6.07) is 0. The van der Waals surface area contributed by atoms with Crippen LogP contribution in [0, 0.1) is 0 Å². The molecule has 0 unspecified atom stereocenters. The Morgan fingerprint density at radius 3 is 2.45 bits per heavy atom. The summed E-state index contributed by atoms with van der Waals surface area (Å²) in [5.74, 6) is -0.150. The Bertz CT molecular complexity index is 183. The van der Waals surface area contributed by atoms with Gasteiger partial charge in [0.05, 0.1) is 0 Å². The molecule has 3 nitrogen and oxygen atoms in total. The van der Waals surface area contributed by atoms with Crippen molar-refractivity contribution >= 4 is 5.91 Å². The van der Waals surface area contributed by atoms with E-state index in [9.17, 15) is 4.79 Å². The molecule has 0 saturated carbocycles. The molecule has 0 aliphatic rings. The van der Waals surface area contributed by atoms with Gasteiger partial charge in [-0.1, -0.05) is 6.58 Å². The van der Waals surface area contributed by atoms with Gasteiger partial charge in [0, 0.05) is 26.7 Å². The molecule has 0 fully saturated rings. The summed E-state index contributed by atoms with van der Waals surface area (Å²) < 4.78 is 0. The molecule has 0 spiro atoms. The van der Waals surface area contributed by atoms with Crippen LogP contribution in [0.1, 0.15) is 0 Å². The summed E-state index contributed by atoms with van der Waals surface area (Å²) in [6.45, 7) is 3.57. The normalized spacial score (nSPS) is 9.73. The van der Waals surface area contributed by atoms with Crippen molar-refractivity contribution in [1.29, 1.82) is 0 Å². The second-order valence-corrected chi connectivity index (χ2v) is 2.38. The van der Waals surface area contributed by atoms with Crippen molar-refractivity contribution in [3.8, 4) is 0 Å². The molecule has 0 saturated heterocycles. The zero-order valence-electron chi connectivity index (χ0n) is 7.22. The number of carbonyl (C=O) groups excluding carboxylic acids is 1. The molecule has 11 heavy (non-hydrogen) atoms. The van der Waals surface area contributed by atoms with Crippen LogP contribution in [0.2, 0.25) is 0 Å². The summed E-state index contributed by atoms with van der Waals surface area (Å²) in [5.41, 5.74) is 0.459. The van der Waals surface area contributed by atoms with Crippen LogP contribution in [-0.4, -0.2) is 32.0 Å². The average Bonchev–Trinajstić information content (AvgIpc) is 1.98. The third kappa shape index (κ3) is 4.19. The van der Waals surface area contributed by atoms with Crippen molar-refractivity contribution in [2.24, 2.45) is 0 Å². The topological polar surface area (TPSA) is 32.3 Å². The quantitative estimate of drug-likeness (QED) is 0.470. The fourth-order valence-electron chi connectivity index (χ4n) is 0.475. The van der Waals surface area contributed by atoms with Crippen LogP contribution in [0.15, 0.2) is 24.4 Å². The molecule has 62 valence electrons. The average molecular weight is 154 g/mol. The van der Waals surface area contributed by atoms with Crippen molar-refractivity contribution in [1.82, 2.24) is 10.2 Å². The standard InChI is InChI=1S/C8H14N2O/c1-7(8(11)9-2)5-6-10(3)4/h5-6H,1H2,2-4H3,(H,9,11)/b6-5-. The predicted molar refractivity (Wildman–Crippen MR) is 46.0 cm³/mol.